The van der Waals surface area contributed by atoms with E-state index in [9.17, 15) is 9.90 Å². The van der Waals surface area contributed by atoms with Crippen molar-refractivity contribution >= 4 is 11.6 Å². The fourth-order valence-corrected chi connectivity index (χ4v) is 2.61. The highest BCUT2D eigenvalue weighted by Gasteiger charge is 2.20. The first-order valence-electron chi connectivity index (χ1n) is 7.06. The lowest BCUT2D eigenvalue weighted by atomic mass is 9.99. The van der Waals surface area contributed by atoms with Crippen LogP contribution in [0.5, 0.6) is 5.75 Å². The number of para-hydroxylation sites is 1. The molecule has 0 spiro atoms. The molecule has 4 nitrogen and oxygen atoms in total. The van der Waals surface area contributed by atoms with Crippen molar-refractivity contribution in [1.82, 2.24) is 5.32 Å². The predicted octanol–water partition coefficient (Wildman–Crippen LogP) is 2.47. The van der Waals surface area contributed by atoms with E-state index < -0.39 is 0 Å². The first-order valence-corrected chi connectivity index (χ1v) is 7.06. The monoisotopic (exact) mass is 282 g/mol. The standard InChI is InChI=1S/C17H18N2O2/c1-11-8-13(6-7-16(11)20)17(21)19-14-9-12-4-2-3-5-15(12)18-10-14/h2-8,14,18,20H,9-10H2,1H3,(H,19,21). The van der Waals surface area contributed by atoms with Crippen molar-refractivity contribution in [3.05, 3.63) is 59.2 Å². The van der Waals surface area contributed by atoms with E-state index in [1.54, 1.807) is 25.1 Å². The van der Waals surface area contributed by atoms with Crippen molar-refractivity contribution in [3.63, 3.8) is 0 Å². The Balaban J connectivity index is 1.70. The molecule has 1 aliphatic heterocycles. The molecule has 108 valence electrons. The summed E-state index contributed by atoms with van der Waals surface area (Å²) in [5.74, 6) is 0.101. The molecule has 21 heavy (non-hydrogen) atoms. The number of phenolic OH excluding ortho intramolecular Hbond substituents is 1. The zero-order valence-electron chi connectivity index (χ0n) is 11.9. The Morgan fingerprint density at radius 3 is 2.90 bits per heavy atom. The second-order valence-corrected chi connectivity index (χ2v) is 5.41. The van der Waals surface area contributed by atoms with Gasteiger partial charge in [-0.05, 0) is 48.7 Å². The lowest BCUT2D eigenvalue weighted by Crippen LogP contribution is -2.43. The minimum atomic E-state index is -0.107. The van der Waals surface area contributed by atoms with Gasteiger partial charge in [0.05, 0.1) is 6.04 Å². The number of aromatic hydroxyl groups is 1. The Bertz CT molecular complexity index is 682. The normalized spacial score (nSPS) is 16.7. The van der Waals surface area contributed by atoms with Crippen LogP contribution in [0.15, 0.2) is 42.5 Å². The van der Waals surface area contributed by atoms with Gasteiger partial charge in [-0.15, -0.1) is 0 Å². The van der Waals surface area contributed by atoms with Gasteiger partial charge in [0.25, 0.3) is 5.91 Å². The van der Waals surface area contributed by atoms with E-state index >= 15 is 0 Å². The maximum atomic E-state index is 12.3. The van der Waals surface area contributed by atoms with Gasteiger partial charge in [-0.2, -0.15) is 0 Å². The Hall–Kier alpha value is -2.49. The Labute approximate surface area is 123 Å². The maximum absolute atomic E-state index is 12.3. The van der Waals surface area contributed by atoms with Crippen LogP contribution in [0, 0.1) is 6.92 Å². The zero-order chi connectivity index (χ0) is 14.8. The third kappa shape index (κ3) is 2.84. The van der Waals surface area contributed by atoms with Gasteiger partial charge >= 0.3 is 0 Å². The number of nitrogens with one attached hydrogen (secondary N) is 2. The van der Waals surface area contributed by atoms with E-state index in [1.165, 1.54) is 5.56 Å². The van der Waals surface area contributed by atoms with Crippen molar-refractivity contribution in [2.45, 2.75) is 19.4 Å². The number of benzene rings is 2. The molecule has 1 heterocycles. The second kappa shape index (κ2) is 5.48. The quantitative estimate of drug-likeness (QED) is 0.793. The molecule has 0 saturated carbocycles. The summed E-state index contributed by atoms with van der Waals surface area (Å²) in [5, 5.41) is 15.9. The Kier molecular flexibility index (Phi) is 3.52. The lowest BCUT2D eigenvalue weighted by Gasteiger charge is -2.27. The van der Waals surface area contributed by atoms with E-state index in [0.29, 0.717) is 11.1 Å². The minimum Gasteiger partial charge on any atom is -0.508 e. The molecule has 2 aromatic rings. The highest BCUT2D eigenvalue weighted by atomic mass is 16.3. The third-order valence-electron chi connectivity index (χ3n) is 3.82. The van der Waals surface area contributed by atoms with Gasteiger partial charge in [-0.1, -0.05) is 18.2 Å². The molecule has 0 saturated heterocycles. The molecule has 3 rings (SSSR count). The van der Waals surface area contributed by atoms with Crippen LogP contribution in [0.1, 0.15) is 21.5 Å². The fourth-order valence-electron chi connectivity index (χ4n) is 2.61. The maximum Gasteiger partial charge on any atom is 0.251 e. The summed E-state index contributed by atoms with van der Waals surface area (Å²) in [6.07, 6.45) is 0.825. The molecular formula is C17H18N2O2. The number of hydrogen-bond donors (Lipinski definition) is 3. The molecule has 1 atom stereocenters. The number of fused-ring (bicyclic) bond motifs is 1. The number of carbonyl (C=O) groups is 1. The zero-order valence-corrected chi connectivity index (χ0v) is 11.9. The van der Waals surface area contributed by atoms with Gasteiger partial charge in [-0.3, -0.25) is 4.79 Å². The van der Waals surface area contributed by atoms with E-state index in [4.69, 9.17) is 0 Å². The van der Waals surface area contributed by atoms with Crippen molar-refractivity contribution in [3.8, 4) is 5.75 Å². The number of aryl methyl sites for hydroxylation is 1. The van der Waals surface area contributed by atoms with Gasteiger partial charge in [0.2, 0.25) is 0 Å². The molecule has 1 unspecified atom stereocenters. The minimum absolute atomic E-state index is 0.0708. The first-order chi connectivity index (χ1) is 10.1. The molecule has 0 bridgehead atoms. The molecule has 2 aromatic carbocycles. The van der Waals surface area contributed by atoms with Gasteiger partial charge in [0, 0.05) is 17.8 Å². The summed E-state index contributed by atoms with van der Waals surface area (Å²) >= 11 is 0. The van der Waals surface area contributed by atoms with Gasteiger partial charge in [0.15, 0.2) is 0 Å². The van der Waals surface area contributed by atoms with Crippen molar-refractivity contribution in [2.24, 2.45) is 0 Å². The lowest BCUT2D eigenvalue weighted by molar-refractivity contribution is 0.0938. The van der Waals surface area contributed by atoms with Crippen LogP contribution in [-0.2, 0) is 6.42 Å². The molecular weight excluding hydrogens is 264 g/mol. The van der Waals surface area contributed by atoms with Crippen molar-refractivity contribution < 1.29 is 9.90 Å². The van der Waals surface area contributed by atoms with E-state index in [2.05, 4.69) is 22.8 Å². The van der Waals surface area contributed by atoms with Crippen molar-refractivity contribution in [1.29, 1.82) is 0 Å². The van der Waals surface area contributed by atoms with Crippen LogP contribution in [-0.4, -0.2) is 23.6 Å². The second-order valence-electron chi connectivity index (χ2n) is 5.41. The van der Waals surface area contributed by atoms with E-state index in [0.717, 1.165) is 18.7 Å². The summed E-state index contributed by atoms with van der Waals surface area (Å²) < 4.78 is 0. The first kappa shape index (κ1) is 13.5. The number of rotatable bonds is 2. The number of carbonyl (C=O) groups excluding carboxylic acids is 1. The third-order valence-corrected chi connectivity index (χ3v) is 3.82. The van der Waals surface area contributed by atoms with Crippen LogP contribution in [0.25, 0.3) is 0 Å². The van der Waals surface area contributed by atoms with Crippen LogP contribution in [0.4, 0.5) is 5.69 Å². The summed E-state index contributed by atoms with van der Waals surface area (Å²) in [4.78, 5) is 12.3. The predicted molar refractivity (Wildman–Crippen MR) is 82.7 cm³/mol. The Morgan fingerprint density at radius 1 is 1.29 bits per heavy atom. The van der Waals surface area contributed by atoms with Gasteiger partial charge in [0.1, 0.15) is 5.75 Å². The molecule has 0 fully saturated rings. The average Bonchev–Trinajstić information content (AvgIpc) is 2.50. The molecule has 4 heteroatoms. The van der Waals surface area contributed by atoms with E-state index in [1.807, 2.05) is 12.1 Å². The van der Waals surface area contributed by atoms with Crippen LogP contribution < -0.4 is 10.6 Å². The van der Waals surface area contributed by atoms with Crippen molar-refractivity contribution in [2.75, 3.05) is 11.9 Å². The van der Waals surface area contributed by atoms with Crippen LogP contribution in [0.2, 0.25) is 0 Å². The smallest absolute Gasteiger partial charge is 0.251 e. The molecule has 0 aromatic heterocycles. The number of hydrogen-bond acceptors (Lipinski definition) is 3. The van der Waals surface area contributed by atoms with Crippen LogP contribution >= 0.6 is 0 Å². The van der Waals surface area contributed by atoms with Crippen LogP contribution in [0.3, 0.4) is 0 Å². The number of anilines is 1. The average molecular weight is 282 g/mol. The number of amides is 1. The van der Waals surface area contributed by atoms with Gasteiger partial charge in [-0.25, -0.2) is 0 Å². The summed E-state index contributed by atoms with van der Waals surface area (Å²) in [6, 6.07) is 13.1. The van der Waals surface area contributed by atoms with Gasteiger partial charge < -0.3 is 15.7 Å². The topological polar surface area (TPSA) is 61.4 Å². The summed E-state index contributed by atoms with van der Waals surface area (Å²) in [5.41, 5.74) is 3.64. The highest BCUT2D eigenvalue weighted by molar-refractivity contribution is 5.94. The number of phenols is 1. The highest BCUT2D eigenvalue weighted by Crippen LogP contribution is 2.21. The molecule has 1 aliphatic rings. The fraction of sp³-hybridized carbons (Fsp3) is 0.235. The molecule has 1 amide bonds. The van der Waals surface area contributed by atoms with E-state index in [-0.39, 0.29) is 17.7 Å². The molecule has 0 radical (unpaired) electrons. The molecule has 3 N–H and O–H groups in total. The largest absolute Gasteiger partial charge is 0.508 e. The Morgan fingerprint density at radius 2 is 2.10 bits per heavy atom. The summed E-state index contributed by atoms with van der Waals surface area (Å²) in [7, 11) is 0. The summed E-state index contributed by atoms with van der Waals surface area (Å²) in [6.45, 7) is 2.50. The molecule has 0 aliphatic carbocycles. The SMILES string of the molecule is Cc1cc(C(=O)NC2CNc3ccccc3C2)ccc1O.